The molecule has 2 N–H and O–H groups in total. The third-order valence-corrected chi connectivity index (χ3v) is 4.06. The number of fused-ring (bicyclic) bond motifs is 1. The Morgan fingerprint density at radius 3 is 2.70 bits per heavy atom. The Morgan fingerprint density at radius 2 is 1.87 bits per heavy atom. The van der Waals surface area contributed by atoms with E-state index in [1.165, 1.54) is 0 Å². The Balaban J connectivity index is 1.49. The first-order chi connectivity index (χ1) is 11.2. The second kappa shape index (κ2) is 7.37. The van der Waals surface area contributed by atoms with Crippen molar-refractivity contribution >= 4 is 33.2 Å². The zero-order chi connectivity index (χ0) is 16.1. The summed E-state index contributed by atoms with van der Waals surface area (Å²) >= 11 is 3.41. The average molecular weight is 377 g/mol. The second-order valence-electron chi connectivity index (χ2n) is 5.06. The zero-order valence-electron chi connectivity index (χ0n) is 12.5. The molecular weight excluding hydrogens is 360 g/mol. The van der Waals surface area contributed by atoms with Gasteiger partial charge in [0.15, 0.2) is 11.5 Å². The molecule has 2 aromatic rings. The predicted octanol–water partition coefficient (Wildman–Crippen LogP) is 3.66. The number of amides is 1. The van der Waals surface area contributed by atoms with Crippen LogP contribution in [0, 0.1) is 0 Å². The lowest BCUT2D eigenvalue weighted by molar-refractivity contribution is -0.115. The van der Waals surface area contributed by atoms with Crippen molar-refractivity contribution in [2.24, 2.45) is 0 Å². The molecule has 0 saturated heterocycles. The van der Waals surface area contributed by atoms with Crippen LogP contribution in [-0.2, 0) is 4.79 Å². The molecule has 0 radical (unpaired) electrons. The summed E-state index contributed by atoms with van der Waals surface area (Å²) in [7, 11) is 0. The fourth-order valence-electron chi connectivity index (χ4n) is 2.25. The summed E-state index contributed by atoms with van der Waals surface area (Å²) in [5, 5.41) is 6.09. The largest absolute Gasteiger partial charge is 0.486 e. The SMILES string of the molecule is O=C(CCNc1ccc2c(c1)OCCO2)Nc1ccccc1Br. The van der Waals surface area contributed by atoms with Gasteiger partial charge in [-0.05, 0) is 40.2 Å². The molecule has 0 fully saturated rings. The monoisotopic (exact) mass is 376 g/mol. The van der Waals surface area contributed by atoms with Crippen LogP contribution in [-0.4, -0.2) is 25.7 Å². The van der Waals surface area contributed by atoms with Gasteiger partial charge in [0, 0.05) is 29.2 Å². The maximum Gasteiger partial charge on any atom is 0.226 e. The molecule has 5 nitrogen and oxygen atoms in total. The predicted molar refractivity (Wildman–Crippen MR) is 93.3 cm³/mol. The van der Waals surface area contributed by atoms with Crippen molar-refractivity contribution < 1.29 is 14.3 Å². The van der Waals surface area contributed by atoms with Crippen LogP contribution in [0.25, 0.3) is 0 Å². The smallest absolute Gasteiger partial charge is 0.226 e. The van der Waals surface area contributed by atoms with Crippen molar-refractivity contribution in [3.8, 4) is 11.5 Å². The number of ether oxygens (including phenoxy) is 2. The summed E-state index contributed by atoms with van der Waals surface area (Å²) in [6, 6.07) is 13.2. The van der Waals surface area contributed by atoms with Crippen LogP contribution in [0.15, 0.2) is 46.9 Å². The Hall–Kier alpha value is -2.21. The molecule has 1 heterocycles. The van der Waals surface area contributed by atoms with E-state index in [-0.39, 0.29) is 5.91 Å². The normalized spacial score (nSPS) is 12.6. The van der Waals surface area contributed by atoms with Gasteiger partial charge in [-0.3, -0.25) is 4.79 Å². The highest BCUT2D eigenvalue weighted by molar-refractivity contribution is 9.10. The number of benzene rings is 2. The van der Waals surface area contributed by atoms with Gasteiger partial charge in [-0.1, -0.05) is 12.1 Å². The van der Waals surface area contributed by atoms with Gasteiger partial charge >= 0.3 is 0 Å². The van der Waals surface area contributed by atoms with E-state index in [1.807, 2.05) is 42.5 Å². The summed E-state index contributed by atoms with van der Waals surface area (Å²) < 4.78 is 11.9. The van der Waals surface area contributed by atoms with Crippen LogP contribution >= 0.6 is 15.9 Å². The first-order valence-corrected chi connectivity index (χ1v) is 8.19. The molecule has 1 aliphatic rings. The third kappa shape index (κ3) is 4.16. The van der Waals surface area contributed by atoms with Gasteiger partial charge in [0.25, 0.3) is 0 Å². The van der Waals surface area contributed by atoms with Gasteiger partial charge in [-0.2, -0.15) is 0 Å². The molecule has 1 aliphatic heterocycles. The molecule has 0 atom stereocenters. The van der Waals surface area contributed by atoms with Crippen LogP contribution in [0.1, 0.15) is 6.42 Å². The quantitative estimate of drug-likeness (QED) is 0.835. The first-order valence-electron chi connectivity index (χ1n) is 7.40. The van der Waals surface area contributed by atoms with Crippen LogP contribution in [0.3, 0.4) is 0 Å². The van der Waals surface area contributed by atoms with E-state index in [0.29, 0.717) is 26.2 Å². The number of carbonyl (C=O) groups excluding carboxylic acids is 1. The van der Waals surface area contributed by atoms with E-state index >= 15 is 0 Å². The minimum atomic E-state index is -0.0399. The number of hydrogen-bond acceptors (Lipinski definition) is 4. The van der Waals surface area contributed by atoms with Crippen molar-refractivity contribution in [1.29, 1.82) is 0 Å². The maximum atomic E-state index is 12.0. The highest BCUT2D eigenvalue weighted by Crippen LogP contribution is 2.32. The number of nitrogens with one attached hydrogen (secondary N) is 2. The van der Waals surface area contributed by atoms with E-state index in [4.69, 9.17) is 9.47 Å². The van der Waals surface area contributed by atoms with Crippen LogP contribution in [0.5, 0.6) is 11.5 Å². The number of anilines is 2. The number of hydrogen-bond donors (Lipinski definition) is 2. The molecule has 6 heteroatoms. The van der Waals surface area contributed by atoms with Crippen LogP contribution in [0.4, 0.5) is 11.4 Å². The molecule has 3 rings (SSSR count). The Labute approximate surface area is 143 Å². The summed E-state index contributed by atoms with van der Waals surface area (Å²) in [6.07, 6.45) is 0.371. The molecule has 120 valence electrons. The van der Waals surface area contributed by atoms with Crippen molar-refractivity contribution in [1.82, 2.24) is 0 Å². The van der Waals surface area contributed by atoms with Gasteiger partial charge in [-0.25, -0.2) is 0 Å². The average Bonchev–Trinajstić information content (AvgIpc) is 2.57. The maximum absolute atomic E-state index is 12.0. The number of carbonyl (C=O) groups is 1. The van der Waals surface area contributed by atoms with Crippen LogP contribution < -0.4 is 20.1 Å². The Morgan fingerprint density at radius 1 is 1.09 bits per heavy atom. The fraction of sp³-hybridized carbons (Fsp3) is 0.235. The zero-order valence-corrected chi connectivity index (χ0v) is 14.1. The molecule has 0 spiro atoms. The molecule has 2 aromatic carbocycles. The van der Waals surface area contributed by atoms with E-state index < -0.39 is 0 Å². The highest BCUT2D eigenvalue weighted by Gasteiger charge is 2.11. The molecule has 0 aliphatic carbocycles. The summed E-state index contributed by atoms with van der Waals surface area (Å²) in [4.78, 5) is 12.0. The number of rotatable bonds is 5. The molecule has 23 heavy (non-hydrogen) atoms. The Kier molecular flexibility index (Phi) is 5.02. The molecule has 1 amide bonds. The molecule has 0 unspecified atom stereocenters. The summed E-state index contributed by atoms with van der Waals surface area (Å²) in [6.45, 7) is 1.68. The third-order valence-electron chi connectivity index (χ3n) is 3.37. The van der Waals surface area contributed by atoms with Crippen molar-refractivity contribution in [3.05, 3.63) is 46.9 Å². The van der Waals surface area contributed by atoms with Gasteiger partial charge in [-0.15, -0.1) is 0 Å². The lowest BCUT2D eigenvalue weighted by atomic mass is 10.2. The summed E-state index contributed by atoms with van der Waals surface area (Å²) in [5.74, 6) is 1.45. The van der Waals surface area contributed by atoms with Gasteiger partial charge in [0.1, 0.15) is 13.2 Å². The fourth-order valence-corrected chi connectivity index (χ4v) is 2.63. The molecular formula is C17H17BrN2O3. The van der Waals surface area contributed by atoms with Gasteiger partial charge in [0.05, 0.1) is 5.69 Å². The molecule has 0 saturated carbocycles. The minimum absolute atomic E-state index is 0.0399. The lowest BCUT2D eigenvalue weighted by Gasteiger charge is -2.19. The minimum Gasteiger partial charge on any atom is -0.486 e. The van der Waals surface area contributed by atoms with Gasteiger partial charge < -0.3 is 20.1 Å². The standard InChI is InChI=1S/C17H17BrN2O3/c18-13-3-1-2-4-14(13)20-17(21)7-8-19-12-5-6-15-16(11-12)23-10-9-22-15/h1-6,11,19H,7-10H2,(H,20,21). The van der Waals surface area contributed by atoms with Crippen molar-refractivity contribution in [2.45, 2.75) is 6.42 Å². The van der Waals surface area contributed by atoms with Crippen molar-refractivity contribution in [3.63, 3.8) is 0 Å². The van der Waals surface area contributed by atoms with E-state index in [1.54, 1.807) is 0 Å². The lowest BCUT2D eigenvalue weighted by Crippen LogP contribution is -2.17. The molecule has 0 bridgehead atoms. The first kappa shape index (κ1) is 15.7. The van der Waals surface area contributed by atoms with E-state index in [0.717, 1.165) is 27.3 Å². The van der Waals surface area contributed by atoms with Gasteiger partial charge in [0.2, 0.25) is 5.91 Å². The number of para-hydroxylation sites is 1. The highest BCUT2D eigenvalue weighted by atomic mass is 79.9. The molecule has 0 aromatic heterocycles. The van der Waals surface area contributed by atoms with Crippen LogP contribution in [0.2, 0.25) is 0 Å². The topological polar surface area (TPSA) is 59.6 Å². The Bertz CT molecular complexity index is 706. The van der Waals surface area contributed by atoms with E-state index in [9.17, 15) is 4.79 Å². The second-order valence-corrected chi connectivity index (χ2v) is 5.92. The van der Waals surface area contributed by atoms with Crippen molar-refractivity contribution in [2.75, 3.05) is 30.4 Å². The summed E-state index contributed by atoms with van der Waals surface area (Å²) in [5.41, 5.74) is 1.68. The number of halogens is 1. The van der Waals surface area contributed by atoms with E-state index in [2.05, 4.69) is 26.6 Å².